The smallest absolute Gasteiger partial charge is 0.239 e. The van der Waals surface area contributed by atoms with Gasteiger partial charge in [-0.1, -0.05) is 94.8 Å². The summed E-state index contributed by atoms with van der Waals surface area (Å²) in [7, 11) is 0. The molecule has 0 saturated carbocycles. The average Bonchev–Trinajstić information content (AvgIpc) is 2.84. The Labute approximate surface area is 195 Å². The standard InChI is InChI=1S/C28H20BrN3/c29-22-17-15-21(16-18-22)27(30)32-28(25-13-5-9-19-7-1-3-11-23(19)25)31-26-14-6-10-20-8-2-4-12-24(20)26/h1-18H,(H2,30,31,32)/p+1. The third-order valence-electron chi connectivity index (χ3n) is 5.53. The number of hydrogen-bond donors (Lipinski definition) is 2. The van der Waals surface area contributed by atoms with Crippen LogP contribution in [0.2, 0.25) is 0 Å². The van der Waals surface area contributed by atoms with E-state index in [4.69, 9.17) is 10.4 Å². The first-order valence-corrected chi connectivity index (χ1v) is 11.2. The monoisotopic (exact) mass is 478 g/mol. The van der Waals surface area contributed by atoms with Crippen molar-refractivity contribution >= 4 is 54.8 Å². The summed E-state index contributed by atoms with van der Waals surface area (Å²) in [4.78, 5) is 4.83. The van der Waals surface area contributed by atoms with E-state index in [0.29, 0.717) is 0 Å². The van der Waals surface area contributed by atoms with E-state index in [9.17, 15) is 0 Å². The van der Waals surface area contributed by atoms with Gasteiger partial charge in [-0.2, -0.15) is 4.99 Å². The lowest BCUT2D eigenvalue weighted by molar-refractivity contribution is -0.440. The molecule has 0 aromatic heterocycles. The predicted molar refractivity (Wildman–Crippen MR) is 137 cm³/mol. The first-order valence-electron chi connectivity index (χ1n) is 10.4. The number of quaternary nitrogens is 1. The van der Waals surface area contributed by atoms with Crippen LogP contribution in [-0.2, 0) is 0 Å². The van der Waals surface area contributed by atoms with Gasteiger partial charge in [-0.15, -0.1) is 0 Å². The number of hydrogen-bond acceptors (Lipinski definition) is 1. The molecule has 0 radical (unpaired) electrons. The number of amidine groups is 2. The third-order valence-corrected chi connectivity index (χ3v) is 6.06. The molecule has 0 amide bonds. The number of nitrogens with one attached hydrogen (secondary N) is 1. The zero-order chi connectivity index (χ0) is 21.9. The van der Waals surface area contributed by atoms with E-state index < -0.39 is 0 Å². The minimum atomic E-state index is 0.233. The molecular weight excluding hydrogens is 458 g/mol. The van der Waals surface area contributed by atoms with Crippen molar-refractivity contribution in [1.29, 1.82) is 5.41 Å². The number of halogens is 1. The van der Waals surface area contributed by atoms with Crippen molar-refractivity contribution < 1.29 is 5.32 Å². The fraction of sp³-hybridized carbons (Fsp3) is 0. The summed E-state index contributed by atoms with van der Waals surface area (Å²) in [5.41, 5.74) is 2.87. The molecule has 0 saturated heterocycles. The van der Waals surface area contributed by atoms with Crippen molar-refractivity contribution in [2.45, 2.75) is 0 Å². The maximum atomic E-state index is 8.69. The maximum Gasteiger partial charge on any atom is 0.239 e. The summed E-state index contributed by atoms with van der Waals surface area (Å²) in [5, 5.41) is 15.4. The fourth-order valence-corrected chi connectivity index (χ4v) is 4.20. The number of benzene rings is 5. The second kappa shape index (κ2) is 8.87. The van der Waals surface area contributed by atoms with Gasteiger partial charge in [-0.05, 0) is 40.4 Å². The van der Waals surface area contributed by atoms with Crippen LogP contribution in [0.25, 0.3) is 21.5 Å². The molecule has 32 heavy (non-hydrogen) atoms. The Hall–Kier alpha value is -3.60. The number of nitrogens with zero attached hydrogens (tertiary/aromatic N) is 1. The predicted octanol–water partition coefficient (Wildman–Crippen LogP) is 6.42. The molecular formula is C28H21BrN3+. The van der Waals surface area contributed by atoms with Crippen LogP contribution in [0.15, 0.2) is 119 Å². The molecule has 0 spiro atoms. The lowest BCUT2D eigenvalue weighted by atomic mass is 10.0. The van der Waals surface area contributed by atoms with Gasteiger partial charge in [-0.25, -0.2) is 0 Å². The highest BCUT2D eigenvalue weighted by molar-refractivity contribution is 9.10. The molecule has 0 unspecified atom stereocenters. The lowest BCUT2D eigenvalue weighted by Crippen LogP contribution is -2.82. The Kier molecular flexibility index (Phi) is 5.63. The first kappa shape index (κ1) is 20.3. The van der Waals surface area contributed by atoms with E-state index in [1.807, 2.05) is 42.5 Å². The van der Waals surface area contributed by atoms with Gasteiger partial charge in [0, 0.05) is 21.5 Å². The van der Waals surface area contributed by atoms with Crippen molar-refractivity contribution in [2.24, 2.45) is 4.99 Å². The third kappa shape index (κ3) is 4.11. The van der Waals surface area contributed by atoms with Crippen LogP contribution in [-0.4, -0.2) is 11.7 Å². The Morgan fingerprint density at radius 1 is 0.656 bits per heavy atom. The highest BCUT2D eigenvalue weighted by atomic mass is 79.9. The number of nitrogens with two attached hydrogens (primary N) is 1. The Bertz CT molecular complexity index is 1460. The average molecular weight is 479 g/mol. The molecule has 5 rings (SSSR count). The highest BCUT2D eigenvalue weighted by Gasteiger charge is 2.17. The van der Waals surface area contributed by atoms with Gasteiger partial charge in [0.2, 0.25) is 5.84 Å². The van der Waals surface area contributed by atoms with Gasteiger partial charge in [0.25, 0.3) is 0 Å². The largest absolute Gasteiger partial charge is 0.282 e. The molecule has 0 heterocycles. The second-order valence-corrected chi connectivity index (χ2v) is 8.51. The van der Waals surface area contributed by atoms with Gasteiger partial charge >= 0.3 is 0 Å². The normalized spacial score (nSPS) is 11.7. The van der Waals surface area contributed by atoms with Crippen LogP contribution >= 0.6 is 15.9 Å². The number of aliphatic imine (C=N–C) groups is 1. The van der Waals surface area contributed by atoms with E-state index in [1.165, 1.54) is 5.39 Å². The van der Waals surface area contributed by atoms with Crippen molar-refractivity contribution in [3.63, 3.8) is 0 Å². The molecule has 3 nitrogen and oxygen atoms in total. The molecule has 3 N–H and O–H groups in total. The van der Waals surface area contributed by atoms with Crippen LogP contribution < -0.4 is 5.32 Å². The fourth-order valence-electron chi connectivity index (χ4n) is 3.94. The maximum absolute atomic E-state index is 8.69. The Balaban J connectivity index is 1.66. The van der Waals surface area contributed by atoms with Crippen molar-refractivity contribution in [3.05, 3.63) is 125 Å². The van der Waals surface area contributed by atoms with E-state index in [2.05, 4.69) is 88.0 Å². The second-order valence-electron chi connectivity index (χ2n) is 7.59. The summed E-state index contributed by atoms with van der Waals surface area (Å²) in [6.07, 6.45) is 0. The van der Waals surface area contributed by atoms with Crippen molar-refractivity contribution in [1.82, 2.24) is 0 Å². The summed E-state index contributed by atoms with van der Waals surface area (Å²) in [6.45, 7) is 0. The minimum absolute atomic E-state index is 0.233. The molecule has 0 atom stereocenters. The lowest BCUT2D eigenvalue weighted by Gasteiger charge is -2.10. The van der Waals surface area contributed by atoms with E-state index >= 15 is 0 Å². The number of fused-ring (bicyclic) bond motifs is 2. The Morgan fingerprint density at radius 3 is 2.00 bits per heavy atom. The van der Waals surface area contributed by atoms with Crippen molar-refractivity contribution in [3.8, 4) is 0 Å². The van der Waals surface area contributed by atoms with Gasteiger partial charge in [-0.3, -0.25) is 10.7 Å². The van der Waals surface area contributed by atoms with Gasteiger partial charge in [0.05, 0.1) is 5.56 Å². The molecule has 0 aliphatic rings. The van der Waals surface area contributed by atoms with E-state index in [1.54, 1.807) is 0 Å². The molecule has 154 valence electrons. The van der Waals surface area contributed by atoms with E-state index in [-0.39, 0.29) is 5.84 Å². The van der Waals surface area contributed by atoms with E-state index in [0.717, 1.165) is 43.3 Å². The van der Waals surface area contributed by atoms with Crippen LogP contribution in [0.4, 0.5) is 5.69 Å². The highest BCUT2D eigenvalue weighted by Crippen LogP contribution is 2.22. The number of rotatable bonds is 3. The first-order chi connectivity index (χ1) is 15.7. The molecule has 0 aliphatic carbocycles. The zero-order valence-corrected chi connectivity index (χ0v) is 18.9. The summed E-state index contributed by atoms with van der Waals surface area (Å²) in [6, 6.07) is 36.9. The van der Waals surface area contributed by atoms with Crippen LogP contribution in [0.5, 0.6) is 0 Å². The van der Waals surface area contributed by atoms with Gasteiger partial charge in [0.1, 0.15) is 5.69 Å². The van der Waals surface area contributed by atoms with Crippen LogP contribution in [0, 0.1) is 5.41 Å². The topological polar surface area (TPSA) is 52.8 Å². The van der Waals surface area contributed by atoms with Gasteiger partial charge < -0.3 is 0 Å². The minimum Gasteiger partial charge on any atom is -0.282 e. The molecule has 0 aliphatic heterocycles. The summed E-state index contributed by atoms with van der Waals surface area (Å²) < 4.78 is 0.981. The molecule has 5 aromatic rings. The summed E-state index contributed by atoms with van der Waals surface area (Å²) >= 11 is 3.46. The van der Waals surface area contributed by atoms with Gasteiger partial charge in [0.15, 0.2) is 5.84 Å². The van der Waals surface area contributed by atoms with Crippen LogP contribution in [0.3, 0.4) is 0 Å². The van der Waals surface area contributed by atoms with Crippen molar-refractivity contribution in [2.75, 3.05) is 0 Å². The van der Waals surface area contributed by atoms with Crippen LogP contribution in [0.1, 0.15) is 11.1 Å². The summed E-state index contributed by atoms with van der Waals surface area (Å²) in [5.74, 6) is 1.00. The zero-order valence-electron chi connectivity index (χ0n) is 17.3. The Morgan fingerprint density at radius 2 is 1.25 bits per heavy atom. The quantitative estimate of drug-likeness (QED) is 0.170. The molecule has 4 heteroatoms. The molecule has 0 bridgehead atoms. The molecule has 0 fully saturated rings. The molecule has 5 aromatic carbocycles. The SMILES string of the molecule is N=C(N=C([NH2+]c1cccc2ccccc12)c1cccc2ccccc12)c1ccc(Br)cc1.